The number of carboxylic acid groups (broad SMARTS) is 1. The maximum absolute atomic E-state index is 11.1. The minimum Gasteiger partial charge on any atom is -0.490 e. The number of carboxylic acids is 1. The molecule has 108 valence electrons. The van der Waals surface area contributed by atoms with Crippen molar-refractivity contribution < 1.29 is 19.4 Å². The first-order chi connectivity index (χ1) is 9.58. The molecule has 0 bridgehead atoms. The van der Waals surface area contributed by atoms with E-state index < -0.39 is 5.97 Å². The molecule has 5 nitrogen and oxygen atoms in total. The summed E-state index contributed by atoms with van der Waals surface area (Å²) in [7, 11) is 0. The van der Waals surface area contributed by atoms with E-state index in [9.17, 15) is 4.79 Å². The van der Waals surface area contributed by atoms with Crippen molar-refractivity contribution in [3.63, 3.8) is 0 Å². The van der Waals surface area contributed by atoms with Crippen molar-refractivity contribution in [2.24, 2.45) is 0 Å². The number of ether oxygens (including phenoxy) is 2. The van der Waals surface area contributed by atoms with Gasteiger partial charge in [-0.25, -0.2) is 4.79 Å². The molecule has 3 rings (SSSR count). The van der Waals surface area contributed by atoms with Gasteiger partial charge in [-0.15, -0.1) is 0 Å². The maximum atomic E-state index is 11.1. The van der Waals surface area contributed by atoms with Crippen LogP contribution in [0.4, 0.5) is 5.69 Å². The number of hydrogen-bond donors (Lipinski definition) is 2. The quantitative estimate of drug-likeness (QED) is 0.829. The Hall–Kier alpha value is -1.75. The Morgan fingerprint density at radius 2 is 2.25 bits per heavy atom. The lowest BCUT2D eigenvalue weighted by molar-refractivity contribution is -0.153. The molecule has 1 aliphatic carbocycles. The van der Waals surface area contributed by atoms with Crippen molar-refractivity contribution >= 4 is 11.7 Å². The van der Waals surface area contributed by atoms with E-state index in [-0.39, 0.29) is 23.0 Å². The topological polar surface area (TPSA) is 81.8 Å². The molecule has 1 heterocycles. The van der Waals surface area contributed by atoms with Crippen molar-refractivity contribution in [2.45, 2.75) is 43.8 Å². The van der Waals surface area contributed by atoms with Gasteiger partial charge in [-0.3, -0.25) is 0 Å². The van der Waals surface area contributed by atoms with Gasteiger partial charge in [0.2, 0.25) is 0 Å². The van der Waals surface area contributed by atoms with Gasteiger partial charge in [0.05, 0.1) is 17.8 Å². The first-order valence-corrected chi connectivity index (χ1v) is 7.01. The van der Waals surface area contributed by atoms with Crippen molar-refractivity contribution in [3.8, 4) is 5.75 Å². The van der Waals surface area contributed by atoms with E-state index in [2.05, 4.69) is 0 Å². The normalized spacial score (nSPS) is 24.1. The first-order valence-electron chi connectivity index (χ1n) is 7.01. The van der Waals surface area contributed by atoms with Gasteiger partial charge >= 0.3 is 5.97 Å². The third-order valence-electron chi connectivity index (χ3n) is 4.27. The minimum absolute atomic E-state index is 0.0202. The van der Waals surface area contributed by atoms with Gasteiger partial charge in [-0.2, -0.15) is 0 Å². The van der Waals surface area contributed by atoms with Gasteiger partial charge < -0.3 is 20.3 Å². The fraction of sp³-hybridized carbons (Fsp3) is 0.533. The molecule has 0 aromatic heterocycles. The Kier molecular flexibility index (Phi) is 3.30. The van der Waals surface area contributed by atoms with E-state index in [4.69, 9.17) is 20.3 Å². The summed E-state index contributed by atoms with van der Waals surface area (Å²) in [5.41, 5.74) is 6.01. The summed E-state index contributed by atoms with van der Waals surface area (Å²) in [5, 5.41) is 9.07. The zero-order chi connectivity index (χ0) is 14.2. The van der Waals surface area contributed by atoms with Gasteiger partial charge in [0.25, 0.3) is 0 Å². The molecule has 1 aromatic rings. The molecule has 3 N–H and O–H groups in total. The second-order valence-corrected chi connectivity index (χ2v) is 5.67. The molecule has 1 spiro atoms. The van der Waals surface area contributed by atoms with Crippen LogP contribution >= 0.6 is 0 Å². The molecule has 2 fully saturated rings. The number of benzene rings is 1. The van der Waals surface area contributed by atoms with Crippen molar-refractivity contribution in [1.82, 2.24) is 0 Å². The number of nitrogens with two attached hydrogens (primary N) is 1. The van der Waals surface area contributed by atoms with Gasteiger partial charge in [0, 0.05) is 18.5 Å². The largest absolute Gasteiger partial charge is 0.490 e. The Morgan fingerprint density at radius 1 is 1.45 bits per heavy atom. The van der Waals surface area contributed by atoms with E-state index in [0.29, 0.717) is 12.4 Å². The summed E-state index contributed by atoms with van der Waals surface area (Å²) in [6, 6.07) is 4.81. The van der Waals surface area contributed by atoms with Crippen LogP contribution < -0.4 is 10.5 Å². The van der Waals surface area contributed by atoms with E-state index in [1.165, 1.54) is 12.5 Å². The van der Waals surface area contributed by atoms with Gasteiger partial charge in [-0.05, 0) is 37.5 Å². The smallest absolute Gasteiger partial charge is 0.337 e. The van der Waals surface area contributed by atoms with E-state index in [0.717, 1.165) is 25.7 Å². The summed E-state index contributed by atoms with van der Waals surface area (Å²) in [5.74, 6) is -0.464. The molecule has 1 unspecified atom stereocenters. The number of nitrogen functional groups attached to an aromatic ring is 1. The Bertz CT molecular complexity index is 525. The van der Waals surface area contributed by atoms with Crippen LogP contribution in [0.5, 0.6) is 5.75 Å². The molecular formula is C15H19NO4. The summed E-state index contributed by atoms with van der Waals surface area (Å²) in [6.45, 7) is 0.714. The summed E-state index contributed by atoms with van der Waals surface area (Å²) < 4.78 is 11.8. The Morgan fingerprint density at radius 3 is 2.90 bits per heavy atom. The zero-order valence-electron chi connectivity index (χ0n) is 11.3. The van der Waals surface area contributed by atoms with Crippen LogP contribution in [0.3, 0.4) is 0 Å². The van der Waals surface area contributed by atoms with E-state index in [1.54, 1.807) is 12.1 Å². The first kappa shape index (κ1) is 13.2. The van der Waals surface area contributed by atoms with Crippen LogP contribution in [-0.4, -0.2) is 29.4 Å². The van der Waals surface area contributed by atoms with E-state index in [1.807, 2.05) is 0 Å². The van der Waals surface area contributed by atoms with Crippen LogP contribution in [0, 0.1) is 0 Å². The lowest BCUT2D eigenvalue weighted by Crippen LogP contribution is -2.48. The van der Waals surface area contributed by atoms with Crippen LogP contribution in [-0.2, 0) is 4.74 Å². The Labute approximate surface area is 117 Å². The lowest BCUT2D eigenvalue weighted by atomic mass is 9.74. The highest BCUT2D eigenvalue weighted by atomic mass is 16.5. The fourth-order valence-corrected chi connectivity index (χ4v) is 2.99. The van der Waals surface area contributed by atoms with Crippen LogP contribution in [0.1, 0.15) is 42.5 Å². The fourth-order valence-electron chi connectivity index (χ4n) is 2.99. The molecule has 1 aliphatic heterocycles. The second kappa shape index (κ2) is 4.98. The second-order valence-electron chi connectivity index (χ2n) is 5.67. The third-order valence-corrected chi connectivity index (χ3v) is 4.27. The molecule has 1 saturated carbocycles. The van der Waals surface area contributed by atoms with Crippen LogP contribution in [0.25, 0.3) is 0 Å². The standard InChI is InChI=1S/C15H19NO4/c16-13-3-2-10(8-12(13)14(17)18)20-11-4-7-19-15(9-11)5-1-6-15/h2-3,8,11H,1,4-7,9,16H2,(H,17,18). The number of hydrogen-bond acceptors (Lipinski definition) is 4. The number of anilines is 1. The van der Waals surface area contributed by atoms with Crippen molar-refractivity contribution in [1.29, 1.82) is 0 Å². The highest BCUT2D eigenvalue weighted by Crippen LogP contribution is 2.43. The minimum atomic E-state index is -1.03. The molecule has 5 heteroatoms. The molecular weight excluding hydrogens is 258 g/mol. The molecule has 0 radical (unpaired) electrons. The summed E-state index contributed by atoms with van der Waals surface area (Å²) in [6.07, 6.45) is 5.25. The number of aromatic carboxylic acids is 1. The van der Waals surface area contributed by atoms with Crippen molar-refractivity contribution in [2.75, 3.05) is 12.3 Å². The SMILES string of the molecule is Nc1ccc(OC2CCOC3(CCC3)C2)cc1C(=O)O. The summed E-state index contributed by atoms with van der Waals surface area (Å²) >= 11 is 0. The van der Waals surface area contributed by atoms with Crippen molar-refractivity contribution in [3.05, 3.63) is 23.8 Å². The van der Waals surface area contributed by atoms with Crippen LogP contribution in [0.15, 0.2) is 18.2 Å². The average molecular weight is 277 g/mol. The highest BCUT2D eigenvalue weighted by molar-refractivity contribution is 5.94. The average Bonchev–Trinajstić information content (AvgIpc) is 2.39. The van der Waals surface area contributed by atoms with Gasteiger partial charge in [0.15, 0.2) is 0 Å². The molecule has 1 aromatic carbocycles. The van der Waals surface area contributed by atoms with E-state index >= 15 is 0 Å². The zero-order valence-corrected chi connectivity index (χ0v) is 11.3. The Balaban J connectivity index is 1.71. The summed E-state index contributed by atoms with van der Waals surface area (Å²) in [4.78, 5) is 11.1. The molecule has 1 atom stereocenters. The monoisotopic (exact) mass is 277 g/mol. The molecule has 1 saturated heterocycles. The molecule has 2 aliphatic rings. The predicted molar refractivity (Wildman–Crippen MR) is 74.0 cm³/mol. The lowest BCUT2D eigenvalue weighted by Gasteiger charge is -2.46. The van der Waals surface area contributed by atoms with Gasteiger partial charge in [0.1, 0.15) is 11.9 Å². The molecule has 0 amide bonds. The highest BCUT2D eigenvalue weighted by Gasteiger charge is 2.43. The molecule has 20 heavy (non-hydrogen) atoms. The number of carbonyl (C=O) groups is 1. The predicted octanol–water partition coefficient (Wildman–Crippen LogP) is 2.45. The third kappa shape index (κ3) is 2.45. The van der Waals surface area contributed by atoms with Crippen LogP contribution in [0.2, 0.25) is 0 Å². The number of rotatable bonds is 3. The van der Waals surface area contributed by atoms with Gasteiger partial charge in [-0.1, -0.05) is 0 Å². The maximum Gasteiger partial charge on any atom is 0.337 e.